The normalized spacial score (nSPS) is 25.9. The van der Waals surface area contributed by atoms with Crippen LogP contribution in [0, 0.1) is 5.92 Å². The molecule has 1 fully saturated rings. The number of piperidine rings is 1. The highest BCUT2D eigenvalue weighted by Gasteiger charge is 2.23. The standard InChI is InChI=1S/C10H19N3O2/c1-7-2-4-12-8(6-7)10(15)13-5-3-9(11)14/h7-8,12H,2-6H2,1H3,(H2,11,14)(H,13,15). The number of nitrogens with two attached hydrogens (primary N) is 1. The third-order valence-corrected chi connectivity index (χ3v) is 2.65. The lowest BCUT2D eigenvalue weighted by Gasteiger charge is -2.27. The van der Waals surface area contributed by atoms with Crippen molar-refractivity contribution in [1.29, 1.82) is 0 Å². The van der Waals surface area contributed by atoms with Gasteiger partial charge in [-0.15, -0.1) is 0 Å². The van der Waals surface area contributed by atoms with Crippen LogP contribution in [0.5, 0.6) is 0 Å². The lowest BCUT2D eigenvalue weighted by molar-refractivity contribution is -0.124. The van der Waals surface area contributed by atoms with Crippen LogP contribution in [0.2, 0.25) is 0 Å². The Morgan fingerprint density at radius 2 is 2.27 bits per heavy atom. The molecule has 1 aliphatic rings. The molecule has 2 unspecified atom stereocenters. The van der Waals surface area contributed by atoms with E-state index in [0.29, 0.717) is 12.5 Å². The lowest BCUT2D eigenvalue weighted by atomic mass is 9.94. The van der Waals surface area contributed by atoms with Gasteiger partial charge < -0.3 is 16.4 Å². The smallest absolute Gasteiger partial charge is 0.237 e. The molecule has 0 saturated carbocycles. The summed E-state index contributed by atoms with van der Waals surface area (Å²) in [5.41, 5.74) is 4.97. The maximum atomic E-state index is 11.6. The van der Waals surface area contributed by atoms with Gasteiger partial charge in [-0.1, -0.05) is 6.92 Å². The second-order valence-electron chi connectivity index (χ2n) is 4.14. The average molecular weight is 213 g/mol. The van der Waals surface area contributed by atoms with E-state index < -0.39 is 0 Å². The van der Waals surface area contributed by atoms with Crippen molar-refractivity contribution in [3.63, 3.8) is 0 Å². The van der Waals surface area contributed by atoms with E-state index in [0.717, 1.165) is 19.4 Å². The Kier molecular flexibility index (Phi) is 4.55. The largest absolute Gasteiger partial charge is 0.370 e. The number of nitrogens with one attached hydrogen (secondary N) is 2. The van der Waals surface area contributed by atoms with E-state index in [1.165, 1.54) is 0 Å². The molecule has 5 nitrogen and oxygen atoms in total. The molecular formula is C10H19N3O2. The van der Waals surface area contributed by atoms with E-state index in [2.05, 4.69) is 17.6 Å². The maximum Gasteiger partial charge on any atom is 0.237 e. The first-order valence-electron chi connectivity index (χ1n) is 5.39. The molecule has 2 amide bonds. The van der Waals surface area contributed by atoms with Crippen molar-refractivity contribution in [3.8, 4) is 0 Å². The van der Waals surface area contributed by atoms with Crippen LogP contribution in [-0.2, 0) is 9.59 Å². The van der Waals surface area contributed by atoms with E-state index in [1.54, 1.807) is 0 Å². The number of hydrogen-bond donors (Lipinski definition) is 3. The summed E-state index contributed by atoms with van der Waals surface area (Å²) < 4.78 is 0. The van der Waals surface area contributed by atoms with Crippen molar-refractivity contribution in [2.45, 2.75) is 32.2 Å². The van der Waals surface area contributed by atoms with Gasteiger partial charge in [0.05, 0.1) is 6.04 Å². The van der Waals surface area contributed by atoms with Crippen molar-refractivity contribution in [3.05, 3.63) is 0 Å². The highest BCUT2D eigenvalue weighted by molar-refractivity contribution is 5.82. The summed E-state index contributed by atoms with van der Waals surface area (Å²) in [6.45, 7) is 3.36. The molecular weight excluding hydrogens is 194 g/mol. The number of rotatable bonds is 4. The average Bonchev–Trinajstić information content (AvgIpc) is 2.17. The third kappa shape index (κ3) is 4.29. The van der Waals surface area contributed by atoms with Crippen LogP contribution >= 0.6 is 0 Å². The molecule has 5 heteroatoms. The van der Waals surface area contributed by atoms with Gasteiger partial charge in [0.2, 0.25) is 11.8 Å². The first-order valence-corrected chi connectivity index (χ1v) is 5.39. The molecule has 1 aliphatic heterocycles. The molecule has 1 saturated heterocycles. The Labute approximate surface area is 89.8 Å². The van der Waals surface area contributed by atoms with Crippen LogP contribution in [0.3, 0.4) is 0 Å². The molecule has 0 bridgehead atoms. The van der Waals surface area contributed by atoms with Crippen molar-refractivity contribution < 1.29 is 9.59 Å². The van der Waals surface area contributed by atoms with Crippen molar-refractivity contribution in [2.75, 3.05) is 13.1 Å². The van der Waals surface area contributed by atoms with Crippen LogP contribution in [0.25, 0.3) is 0 Å². The SMILES string of the molecule is CC1CCNC(C(=O)NCCC(N)=O)C1. The summed E-state index contributed by atoms with van der Waals surface area (Å²) in [7, 11) is 0. The molecule has 0 aromatic carbocycles. The molecule has 0 aromatic heterocycles. The minimum Gasteiger partial charge on any atom is -0.370 e. The predicted molar refractivity (Wildman–Crippen MR) is 57.0 cm³/mol. The molecule has 0 radical (unpaired) electrons. The molecule has 0 spiro atoms. The molecule has 86 valence electrons. The van der Waals surface area contributed by atoms with Crippen molar-refractivity contribution in [1.82, 2.24) is 10.6 Å². The molecule has 0 aliphatic carbocycles. The van der Waals surface area contributed by atoms with Crippen LogP contribution in [0.1, 0.15) is 26.2 Å². The maximum absolute atomic E-state index is 11.6. The van der Waals surface area contributed by atoms with Gasteiger partial charge in [0, 0.05) is 13.0 Å². The predicted octanol–water partition coefficient (Wildman–Crippen LogP) is -0.634. The zero-order valence-corrected chi connectivity index (χ0v) is 9.08. The second kappa shape index (κ2) is 5.70. The third-order valence-electron chi connectivity index (χ3n) is 2.65. The highest BCUT2D eigenvalue weighted by Crippen LogP contribution is 2.14. The number of primary amides is 1. The minimum atomic E-state index is -0.389. The first kappa shape index (κ1) is 12.0. The highest BCUT2D eigenvalue weighted by atomic mass is 16.2. The summed E-state index contributed by atoms with van der Waals surface area (Å²) in [6, 6.07) is -0.110. The Bertz CT molecular complexity index is 243. The topological polar surface area (TPSA) is 84.2 Å². The monoisotopic (exact) mass is 213 g/mol. The fraction of sp³-hybridized carbons (Fsp3) is 0.800. The number of amides is 2. The summed E-state index contributed by atoms with van der Waals surface area (Å²) >= 11 is 0. The molecule has 2 atom stereocenters. The second-order valence-corrected chi connectivity index (χ2v) is 4.14. The van der Waals surface area contributed by atoms with E-state index in [9.17, 15) is 9.59 Å². The summed E-state index contributed by atoms with van der Waals surface area (Å²) in [5, 5.41) is 5.86. The zero-order chi connectivity index (χ0) is 11.3. The van der Waals surface area contributed by atoms with E-state index in [1.807, 2.05) is 0 Å². The van der Waals surface area contributed by atoms with Crippen LogP contribution in [0.15, 0.2) is 0 Å². The Morgan fingerprint density at radius 3 is 2.87 bits per heavy atom. The quantitative estimate of drug-likeness (QED) is 0.581. The Hall–Kier alpha value is -1.10. The van der Waals surface area contributed by atoms with Crippen LogP contribution < -0.4 is 16.4 Å². The molecule has 1 heterocycles. The van der Waals surface area contributed by atoms with Gasteiger partial charge in [-0.3, -0.25) is 9.59 Å². The van der Waals surface area contributed by atoms with Gasteiger partial charge in [0.25, 0.3) is 0 Å². The minimum absolute atomic E-state index is 0.0252. The lowest BCUT2D eigenvalue weighted by Crippen LogP contribution is -2.48. The van der Waals surface area contributed by atoms with Gasteiger partial charge in [-0.25, -0.2) is 0 Å². The van der Waals surface area contributed by atoms with Gasteiger partial charge in [0.15, 0.2) is 0 Å². The van der Waals surface area contributed by atoms with E-state index in [-0.39, 0.29) is 24.3 Å². The summed E-state index contributed by atoms with van der Waals surface area (Å²) in [4.78, 5) is 22.1. The number of carbonyl (C=O) groups is 2. The number of hydrogen-bond acceptors (Lipinski definition) is 3. The molecule has 0 aromatic rings. The summed E-state index contributed by atoms with van der Waals surface area (Å²) in [6.07, 6.45) is 2.18. The van der Waals surface area contributed by atoms with Gasteiger partial charge in [-0.2, -0.15) is 0 Å². The zero-order valence-electron chi connectivity index (χ0n) is 9.08. The van der Waals surface area contributed by atoms with Gasteiger partial charge in [0.1, 0.15) is 0 Å². The Morgan fingerprint density at radius 1 is 1.53 bits per heavy atom. The molecule has 15 heavy (non-hydrogen) atoms. The Balaban J connectivity index is 2.24. The molecule has 1 rings (SSSR count). The molecule has 4 N–H and O–H groups in total. The van der Waals surface area contributed by atoms with Crippen molar-refractivity contribution >= 4 is 11.8 Å². The van der Waals surface area contributed by atoms with Crippen LogP contribution in [-0.4, -0.2) is 30.9 Å². The van der Waals surface area contributed by atoms with E-state index >= 15 is 0 Å². The number of carbonyl (C=O) groups excluding carboxylic acids is 2. The van der Waals surface area contributed by atoms with Crippen LogP contribution in [0.4, 0.5) is 0 Å². The van der Waals surface area contributed by atoms with E-state index in [4.69, 9.17) is 5.73 Å². The summed E-state index contributed by atoms with van der Waals surface area (Å²) in [5.74, 6) is 0.168. The van der Waals surface area contributed by atoms with Gasteiger partial charge >= 0.3 is 0 Å². The fourth-order valence-electron chi connectivity index (χ4n) is 1.74. The van der Waals surface area contributed by atoms with Crippen molar-refractivity contribution in [2.24, 2.45) is 11.7 Å². The fourth-order valence-corrected chi connectivity index (χ4v) is 1.74. The first-order chi connectivity index (χ1) is 7.09. The van der Waals surface area contributed by atoms with Gasteiger partial charge in [-0.05, 0) is 25.3 Å².